The Labute approximate surface area is 152 Å². The van der Waals surface area contributed by atoms with E-state index >= 15 is 0 Å². The predicted octanol–water partition coefficient (Wildman–Crippen LogP) is 2.37. The molecule has 6 nitrogen and oxygen atoms in total. The molecule has 7 heteroatoms. The first-order chi connectivity index (χ1) is 12.1. The summed E-state index contributed by atoms with van der Waals surface area (Å²) in [5.41, 5.74) is 1.23. The summed E-state index contributed by atoms with van der Waals surface area (Å²) in [7, 11) is 0. The molecule has 0 radical (unpaired) electrons. The molecule has 1 N–H and O–H groups in total. The van der Waals surface area contributed by atoms with Gasteiger partial charge in [0.25, 0.3) is 0 Å². The molecular formula is C18H22ClN5O. The van der Waals surface area contributed by atoms with Crippen molar-refractivity contribution >= 4 is 29.6 Å². The van der Waals surface area contributed by atoms with Gasteiger partial charge in [-0.25, -0.2) is 9.97 Å². The third kappa shape index (κ3) is 4.82. The molecule has 0 unspecified atom stereocenters. The van der Waals surface area contributed by atoms with E-state index in [1.807, 2.05) is 37.3 Å². The van der Waals surface area contributed by atoms with Gasteiger partial charge < -0.3 is 15.1 Å². The number of hydrogen-bond acceptors (Lipinski definition) is 5. The topological polar surface area (TPSA) is 61.4 Å². The Morgan fingerprint density at radius 1 is 1.16 bits per heavy atom. The number of amides is 1. The van der Waals surface area contributed by atoms with Crippen molar-refractivity contribution < 1.29 is 4.79 Å². The number of rotatable bonds is 6. The smallest absolute Gasteiger partial charge is 0.209 e. The molecule has 2 heterocycles. The van der Waals surface area contributed by atoms with E-state index in [1.54, 1.807) is 4.90 Å². The molecule has 132 valence electrons. The SMILES string of the molecule is Cc1nc(NCCc2ccc(Cl)cc2)cc(N2CCN(C=O)CC2)n1. The molecule has 0 saturated carbocycles. The number of piperazine rings is 1. The first kappa shape index (κ1) is 17.5. The highest BCUT2D eigenvalue weighted by atomic mass is 35.5. The summed E-state index contributed by atoms with van der Waals surface area (Å²) < 4.78 is 0. The summed E-state index contributed by atoms with van der Waals surface area (Å²) in [6.45, 7) is 5.72. The highest BCUT2D eigenvalue weighted by Gasteiger charge is 2.17. The summed E-state index contributed by atoms with van der Waals surface area (Å²) >= 11 is 5.91. The van der Waals surface area contributed by atoms with Crippen LogP contribution in [-0.4, -0.2) is 54.0 Å². The molecule has 25 heavy (non-hydrogen) atoms. The fourth-order valence-electron chi connectivity index (χ4n) is 2.85. The minimum Gasteiger partial charge on any atom is -0.370 e. The van der Waals surface area contributed by atoms with Crippen molar-refractivity contribution in [2.45, 2.75) is 13.3 Å². The largest absolute Gasteiger partial charge is 0.370 e. The van der Waals surface area contributed by atoms with Crippen LogP contribution in [-0.2, 0) is 11.2 Å². The molecular weight excluding hydrogens is 338 g/mol. The summed E-state index contributed by atoms with van der Waals surface area (Å²) in [6, 6.07) is 9.86. The molecule has 1 saturated heterocycles. The minimum atomic E-state index is 0.728. The number of benzene rings is 1. The van der Waals surface area contributed by atoms with E-state index in [1.165, 1.54) is 5.56 Å². The third-order valence-corrected chi connectivity index (χ3v) is 4.50. The Morgan fingerprint density at radius 3 is 2.56 bits per heavy atom. The first-order valence-electron chi connectivity index (χ1n) is 8.42. The number of carbonyl (C=O) groups excluding carboxylic acids is 1. The molecule has 1 fully saturated rings. The maximum absolute atomic E-state index is 10.8. The van der Waals surface area contributed by atoms with Crippen molar-refractivity contribution in [1.29, 1.82) is 0 Å². The molecule has 2 aromatic rings. The van der Waals surface area contributed by atoms with Crippen LogP contribution >= 0.6 is 11.6 Å². The van der Waals surface area contributed by atoms with Gasteiger partial charge in [0.15, 0.2) is 0 Å². The summed E-state index contributed by atoms with van der Waals surface area (Å²) in [4.78, 5) is 23.8. The molecule has 0 spiro atoms. The van der Waals surface area contributed by atoms with Crippen LogP contribution in [0.25, 0.3) is 0 Å². The summed E-state index contributed by atoms with van der Waals surface area (Å²) in [5, 5.41) is 4.12. The fraction of sp³-hybridized carbons (Fsp3) is 0.389. The number of anilines is 2. The average Bonchev–Trinajstić information content (AvgIpc) is 2.63. The van der Waals surface area contributed by atoms with Crippen molar-refractivity contribution in [1.82, 2.24) is 14.9 Å². The van der Waals surface area contributed by atoms with E-state index in [0.29, 0.717) is 0 Å². The average molecular weight is 360 g/mol. The third-order valence-electron chi connectivity index (χ3n) is 4.24. The van der Waals surface area contributed by atoms with Crippen LogP contribution < -0.4 is 10.2 Å². The van der Waals surface area contributed by atoms with Crippen LogP contribution in [0.3, 0.4) is 0 Å². The Hall–Kier alpha value is -2.34. The maximum atomic E-state index is 10.8. The highest BCUT2D eigenvalue weighted by molar-refractivity contribution is 6.30. The molecule has 1 aliphatic heterocycles. The van der Waals surface area contributed by atoms with E-state index < -0.39 is 0 Å². The Bertz CT molecular complexity index is 714. The summed E-state index contributed by atoms with van der Waals surface area (Å²) in [6.07, 6.45) is 1.81. The lowest BCUT2D eigenvalue weighted by atomic mass is 10.1. The molecule has 0 aliphatic carbocycles. The van der Waals surface area contributed by atoms with Crippen molar-refractivity contribution in [2.75, 3.05) is 42.9 Å². The number of aryl methyl sites for hydroxylation is 1. The standard InChI is InChI=1S/C18H22ClN5O/c1-14-21-17(20-7-6-15-2-4-16(19)5-3-15)12-18(22-14)24-10-8-23(13-25)9-11-24/h2-5,12-13H,6-11H2,1H3,(H,20,21,22). The lowest BCUT2D eigenvalue weighted by Gasteiger charge is -2.33. The molecule has 0 atom stereocenters. The van der Waals surface area contributed by atoms with E-state index in [0.717, 1.165) is 68.0 Å². The molecule has 0 bridgehead atoms. The van der Waals surface area contributed by atoms with Gasteiger partial charge in [-0.05, 0) is 31.0 Å². The second-order valence-electron chi connectivity index (χ2n) is 6.09. The van der Waals surface area contributed by atoms with Crippen LogP contribution in [0.1, 0.15) is 11.4 Å². The van der Waals surface area contributed by atoms with Gasteiger partial charge in [0.1, 0.15) is 17.5 Å². The van der Waals surface area contributed by atoms with E-state index in [-0.39, 0.29) is 0 Å². The zero-order chi connectivity index (χ0) is 17.6. The second kappa shape index (κ2) is 8.16. The van der Waals surface area contributed by atoms with E-state index in [4.69, 9.17) is 11.6 Å². The monoisotopic (exact) mass is 359 g/mol. The zero-order valence-electron chi connectivity index (χ0n) is 14.3. The number of nitrogens with zero attached hydrogens (tertiary/aromatic N) is 4. The van der Waals surface area contributed by atoms with Crippen LogP contribution in [0.2, 0.25) is 5.02 Å². The highest BCUT2D eigenvalue weighted by Crippen LogP contribution is 2.18. The Balaban J connectivity index is 1.59. The van der Waals surface area contributed by atoms with Gasteiger partial charge in [-0.1, -0.05) is 23.7 Å². The second-order valence-corrected chi connectivity index (χ2v) is 6.53. The molecule has 1 aromatic heterocycles. The Kier molecular flexibility index (Phi) is 5.71. The van der Waals surface area contributed by atoms with Crippen LogP contribution in [0.5, 0.6) is 0 Å². The van der Waals surface area contributed by atoms with Crippen molar-refractivity contribution in [3.8, 4) is 0 Å². The first-order valence-corrected chi connectivity index (χ1v) is 8.80. The van der Waals surface area contributed by atoms with Gasteiger partial charge in [0.05, 0.1) is 0 Å². The van der Waals surface area contributed by atoms with Gasteiger partial charge in [0, 0.05) is 43.8 Å². The van der Waals surface area contributed by atoms with Gasteiger partial charge in [-0.3, -0.25) is 4.79 Å². The number of hydrogen-bond donors (Lipinski definition) is 1. The van der Waals surface area contributed by atoms with E-state index in [9.17, 15) is 4.79 Å². The normalized spacial score (nSPS) is 14.5. The summed E-state index contributed by atoms with van der Waals surface area (Å²) in [5.74, 6) is 2.48. The van der Waals surface area contributed by atoms with Crippen LogP contribution in [0, 0.1) is 6.92 Å². The lowest BCUT2D eigenvalue weighted by Crippen LogP contribution is -2.46. The number of carbonyl (C=O) groups is 1. The quantitative estimate of drug-likeness (QED) is 0.802. The lowest BCUT2D eigenvalue weighted by molar-refractivity contribution is -0.118. The molecule has 1 aliphatic rings. The number of aromatic nitrogens is 2. The predicted molar refractivity (Wildman–Crippen MR) is 100 cm³/mol. The molecule has 3 rings (SSSR count). The fourth-order valence-corrected chi connectivity index (χ4v) is 2.97. The van der Waals surface area contributed by atoms with Gasteiger partial charge in [-0.15, -0.1) is 0 Å². The van der Waals surface area contributed by atoms with Gasteiger partial charge >= 0.3 is 0 Å². The van der Waals surface area contributed by atoms with Gasteiger partial charge in [0.2, 0.25) is 6.41 Å². The molecule has 1 aromatic carbocycles. The van der Waals surface area contributed by atoms with Crippen molar-refractivity contribution in [3.63, 3.8) is 0 Å². The molecule has 1 amide bonds. The maximum Gasteiger partial charge on any atom is 0.209 e. The number of halogens is 1. The van der Waals surface area contributed by atoms with Crippen LogP contribution in [0.4, 0.5) is 11.6 Å². The minimum absolute atomic E-state index is 0.728. The Morgan fingerprint density at radius 2 is 1.88 bits per heavy atom. The van der Waals surface area contributed by atoms with Gasteiger partial charge in [-0.2, -0.15) is 0 Å². The van der Waals surface area contributed by atoms with Crippen molar-refractivity contribution in [2.24, 2.45) is 0 Å². The zero-order valence-corrected chi connectivity index (χ0v) is 15.0. The van der Waals surface area contributed by atoms with Crippen molar-refractivity contribution in [3.05, 3.63) is 46.7 Å². The number of nitrogens with one attached hydrogen (secondary N) is 1. The van der Waals surface area contributed by atoms with E-state index in [2.05, 4.69) is 20.2 Å². The van der Waals surface area contributed by atoms with Crippen LogP contribution in [0.15, 0.2) is 30.3 Å².